The van der Waals surface area contributed by atoms with Crippen molar-refractivity contribution in [3.63, 3.8) is 0 Å². The van der Waals surface area contributed by atoms with Crippen LogP contribution in [0.3, 0.4) is 0 Å². The van der Waals surface area contributed by atoms with Crippen LogP contribution in [0.2, 0.25) is 0 Å². The Hall–Kier alpha value is -3.59. The Kier molecular flexibility index (Phi) is 4.60. The van der Waals surface area contributed by atoms with Crippen LogP contribution in [0.1, 0.15) is 45.7 Å². The average Bonchev–Trinajstić information content (AvgIpc) is 3.38. The van der Waals surface area contributed by atoms with Gasteiger partial charge >= 0.3 is 0 Å². The summed E-state index contributed by atoms with van der Waals surface area (Å²) in [5.41, 5.74) is 7.08. The molecule has 0 fully saturated rings. The zero-order valence-electron chi connectivity index (χ0n) is 20.4. The summed E-state index contributed by atoms with van der Waals surface area (Å²) in [4.78, 5) is 4.82. The molecule has 170 valence electrons. The number of hydrogen-bond acceptors (Lipinski definition) is 3. The lowest BCUT2D eigenvalue weighted by molar-refractivity contribution is 0.594. The van der Waals surface area contributed by atoms with Gasteiger partial charge < -0.3 is 8.83 Å². The monoisotopic (exact) mass is 447 g/mol. The molecule has 0 spiro atoms. The van der Waals surface area contributed by atoms with Gasteiger partial charge in [0, 0.05) is 28.1 Å². The molecule has 3 heteroatoms. The molecular weight excluding hydrogens is 418 g/mol. The van der Waals surface area contributed by atoms with Gasteiger partial charge in [0.25, 0.3) is 0 Å². The Morgan fingerprint density at radius 2 is 1.68 bits per heavy atom. The number of hydrogen-bond donors (Lipinski definition) is 0. The van der Waals surface area contributed by atoms with Crippen LogP contribution >= 0.6 is 0 Å². The number of aromatic nitrogens is 1. The summed E-state index contributed by atoms with van der Waals surface area (Å²) in [5.74, 6) is 0.533. The molecule has 0 radical (unpaired) electrons. The standard InChI is InChI=1S/C31H29NO2/c1-18(2)14-21-17-33-26-11-10-23-24-12-13-32-28(30(24)34-29(23)27(21)26)20-15-19-8-6-7-9-22(19)25(16-20)31(3,4)5/h6-13,15-18H,14H2,1-5H3. The minimum Gasteiger partial charge on any atom is -0.464 e. The quantitative estimate of drug-likeness (QED) is 0.272. The van der Waals surface area contributed by atoms with Crippen molar-refractivity contribution in [2.75, 3.05) is 0 Å². The Balaban J connectivity index is 1.66. The summed E-state index contributed by atoms with van der Waals surface area (Å²) in [5, 5.41) is 5.78. The summed E-state index contributed by atoms with van der Waals surface area (Å²) in [6.45, 7) is 11.2. The number of pyridine rings is 1. The van der Waals surface area contributed by atoms with Crippen molar-refractivity contribution in [3.05, 3.63) is 78.2 Å². The van der Waals surface area contributed by atoms with Crippen molar-refractivity contribution in [3.8, 4) is 11.3 Å². The summed E-state index contributed by atoms with van der Waals surface area (Å²) in [6.07, 6.45) is 4.73. The minimum atomic E-state index is 0.00604. The molecule has 0 saturated carbocycles. The van der Waals surface area contributed by atoms with Crippen molar-refractivity contribution in [1.82, 2.24) is 4.98 Å². The van der Waals surface area contributed by atoms with E-state index in [9.17, 15) is 0 Å². The Labute approximate surface area is 199 Å². The topological polar surface area (TPSA) is 39.2 Å². The largest absolute Gasteiger partial charge is 0.464 e. The third-order valence-electron chi connectivity index (χ3n) is 6.74. The average molecular weight is 448 g/mol. The predicted octanol–water partition coefficient (Wildman–Crippen LogP) is 9.04. The third-order valence-corrected chi connectivity index (χ3v) is 6.74. The number of benzene rings is 3. The van der Waals surface area contributed by atoms with Gasteiger partial charge in [-0.15, -0.1) is 0 Å². The second kappa shape index (κ2) is 7.46. The third kappa shape index (κ3) is 3.22. The molecule has 3 heterocycles. The Morgan fingerprint density at radius 3 is 2.47 bits per heavy atom. The Morgan fingerprint density at radius 1 is 0.882 bits per heavy atom. The number of fused-ring (bicyclic) bond motifs is 6. The van der Waals surface area contributed by atoms with Crippen LogP contribution in [0.25, 0.3) is 54.9 Å². The van der Waals surface area contributed by atoms with Gasteiger partial charge in [-0.05, 0) is 64.4 Å². The molecule has 6 aromatic rings. The predicted molar refractivity (Wildman–Crippen MR) is 141 cm³/mol. The Bertz CT molecular complexity index is 1690. The molecule has 0 saturated heterocycles. The molecule has 0 amide bonds. The molecule has 0 unspecified atom stereocenters. The lowest BCUT2D eigenvalue weighted by Gasteiger charge is -2.22. The zero-order chi connectivity index (χ0) is 23.6. The maximum atomic E-state index is 6.65. The van der Waals surface area contributed by atoms with E-state index in [1.807, 2.05) is 12.5 Å². The summed E-state index contributed by atoms with van der Waals surface area (Å²) in [6, 6.07) is 19.3. The summed E-state index contributed by atoms with van der Waals surface area (Å²) < 4.78 is 12.5. The highest BCUT2D eigenvalue weighted by Crippen LogP contribution is 2.41. The van der Waals surface area contributed by atoms with E-state index in [1.165, 1.54) is 21.9 Å². The van der Waals surface area contributed by atoms with E-state index in [1.54, 1.807) is 0 Å². The van der Waals surface area contributed by atoms with E-state index in [4.69, 9.17) is 13.8 Å². The normalized spacial score (nSPS) is 12.6. The van der Waals surface area contributed by atoms with Gasteiger partial charge in [-0.25, -0.2) is 0 Å². The lowest BCUT2D eigenvalue weighted by Crippen LogP contribution is -2.12. The lowest BCUT2D eigenvalue weighted by atomic mass is 9.82. The van der Waals surface area contributed by atoms with Crippen LogP contribution in [-0.2, 0) is 11.8 Å². The first-order chi connectivity index (χ1) is 16.3. The van der Waals surface area contributed by atoms with Gasteiger partial charge in [0.1, 0.15) is 16.9 Å². The summed E-state index contributed by atoms with van der Waals surface area (Å²) in [7, 11) is 0. The van der Waals surface area contributed by atoms with Gasteiger partial charge in [0.05, 0.1) is 11.6 Å². The highest BCUT2D eigenvalue weighted by molar-refractivity contribution is 6.17. The molecule has 0 atom stereocenters. The second-order valence-corrected chi connectivity index (χ2v) is 10.8. The second-order valence-electron chi connectivity index (χ2n) is 10.8. The first-order valence-corrected chi connectivity index (χ1v) is 12.0. The first-order valence-electron chi connectivity index (χ1n) is 12.0. The van der Waals surface area contributed by atoms with E-state index >= 15 is 0 Å². The van der Waals surface area contributed by atoms with Gasteiger partial charge in [-0.1, -0.05) is 58.9 Å². The fourth-order valence-electron chi connectivity index (χ4n) is 5.21. The first kappa shape index (κ1) is 21.0. The maximum absolute atomic E-state index is 6.65. The zero-order valence-corrected chi connectivity index (χ0v) is 20.4. The van der Waals surface area contributed by atoms with E-state index < -0.39 is 0 Å². The smallest absolute Gasteiger partial charge is 0.161 e. The maximum Gasteiger partial charge on any atom is 0.161 e. The van der Waals surface area contributed by atoms with Gasteiger partial charge in [-0.2, -0.15) is 0 Å². The van der Waals surface area contributed by atoms with Gasteiger partial charge in [0.15, 0.2) is 5.58 Å². The summed E-state index contributed by atoms with van der Waals surface area (Å²) >= 11 is 0. The van der Waals surface area contributed by atoms with E-state index in [2.05, 4.69) is 89.2 Å². The van der Waals surface area contributed by atoms with Crippen molar-refractivity contribution in [2.45, 2.75) is 46.5 Å². The van der Waals surface area contributed by atoms with Crippen LogP contribution in [0, 0.1) is 5.92 Å². The molecule has 0 aliphatic rings. The number of rotatable bonds is 3. The van der Waals surface area contributed by atoms with Crippen LogP contribution in [0.5, 0.6) is 0 Å². The van der Waals surface area contributed by atoms with E-state index in [0.29, 0.717) is 5.92 Å². The van der Waals surface area contributed by atoms with Crippen molar-refractivity contribution >= 4 is 43.7 Å². The number of furan rings is 2. The molecule has 3 nitrogen and oxygen atoms in total. The molecule has 3 aromatic carbocycles. The van der Waals surface area contributed by atoms with E-state index in [-0.39, 0.29) is 5.41 Å². The fourth-order valence-corrected chi connectivity index (χ4v) is 5.21. The number of nitrogens with zero attached hydrogens (tertiary/aromatic N) is 1. The van der Waals surface area contributed by atoms with Crippen molar-refractivity contribution in [2.24, 2.45) is 5.92 Å². The van der Waals surface area contributed by atoms with Gasteiger partial charge in [-0.3, -0.25) is 4.98 Å². The molecule has 3 aromatic heterocycles. The molecule has 0 N–H and O–H groups in total. The molecule has 0 aliphatic carbocycles. The van der Waals surface area contributed by atoms with Crippen LogP contribution in [-0.4, -0.2) is 4.98 Å². The molecule has 34 heavy (non-hydrogen) atoms. The van der Waals surface area contributed by atoms with E-state index in [0.717, 1.165) is 50.6 Å². The molecule has 0 bridgehead atoms. The van der Waals surface area contributed by atoms with Gasteiger partial charge in [0.2, 0.25) is 0 Å². The van der Waals surface area contributed by atoms with Crippen LogP contribution in [0.15, 0.2) is 75.9 Å². The van der Waals surface area contributed by atoms with Crippen LogP contribution in [0.4, 0.5) is 0 Å². The fraction of sp³-hybridized carbons (Fsp3) is 0.258. The molecular formula is C31H29NO2. The molecule has 0 aliphatic heterocycles. The highest BCUT2D eigenvalue weighted by Gasteiger charge is 2.22. The molecule has 6 rings (SSSR count). The van der Waals surface area contributed by atoms with Crippen molar-refractivity contribution in [1.29, 1.82) is 0 Å². The highest BCUT2D eigenvalue weighted by atomic mass is 16.3. The van der Waals surface area contributed by atoms with Crippen LogP contribution < -0.4 is 0 Å². The van der Waals surface area contributed by atoms with Crippen molar-refractivity contribution < 1.29 is 8.83 Å². The SMILES string of the molecule is CC(C)Cc1coc2ccc3c4ccnc(-c5cc(C(C)(C)C)c6ccccc6c5)c4oc3c12. The minimum absolute atomic E-state index is 0.00604.